The van der Waals surface area contributed by atoms with Crippen LogP contribution in [0.1, 0.15) is 19.4 Å². The Balaban J connectivity index is 3.20. The predicted molar refractivity (Wildman–Crippen MR) is 60.8 cm³/mol. The number of nitrogens with two attached hydrogens (primary N) is 1. The van der Waals surface area contributed by atoms with E-state index in [9.17, 15) is 0 Å². The molecule has 2 heteroatoms. The minimum absolute atomic E-state index is 0.183. The van der Waals surface area contributed by atoms with Crippen molar-refractivity contribution in [2.24, 2.45) is 5.73 Å². The molecule has 0 atom stereocenters. The fraction of sp³-hybridized carbons (Fsp3) is 0.455. The SMILES string of the molecule is [CH3][In]([CH3])[c]1ccccc1C(C)(C)N. The summed E-state index contributed by atoms with van der Waals surface area (Å²) in [6.45, 7) is 4.17. The van der Waals surface area contributed by atoms with Crippen molar-refractivity contribution in [2.75, 3.05) is 0 Å². The fourth-order valence-electron chi connectivity index (χ4n) is 1.59. The van der Waals surface area contributed by atoms with E-state index in [-0.39, 0.29) is 5.54 Å². The third-order valence-corrected chi connectivity index (χ3v) is 7.26. The van der Waals surface area contributed by atoms with E-state index < -0.39 is 21.4 Å². The molecular weight excluding hydrogens is 261 g/mol. The molecule has 1 aromatic carbocycles. The molecule has 70 valence electrons. The van der Waals surface area contributed by atoms with Crippen LogP contribution in [0.2, 0.25) is 9.36 Å². The van der Waals surface area contributed by atoms with Crippen LogP contribution in [-0.4, -0.2) is 21.4 Å². The Bertz CT molecular complexity index is 286. The van der Waals surface area contributed by atoms with Gasteiger partial charge in [0.2, 0.25) is 0 Å². The summed E-state index contributed by atoms with van der Waals surface area (Å²) in [5, 5.41) is 0. The van der Waals surface area contributed by atoms with Gasteiger partial charge >= 0.3 is 89.1 Å². The van der Waals surface area contributed by atoms with Crippen LogP contribution in [0.25, 0.3) is 0 Å². The van der Waals surface area contributed by atoms with Crippen LogP contribution >= 0.6 is 0 Å². The van der Waals surface area contributed by atoms with E-state index in [1.54, 1.807) is 3.32 Å². The zero-order chi connectivity index (χ0) is 10.1. The monoisotopic (exact) mass is 279 g/mol. The topological polar surface area (TPSA) is 26.0 Å². The van der Waals surface area contributed by atoms with Gasteiger partial charge in [-0.05, 0) is 0 Å². The summed E-state index contributed by atoms with van der Waals surface area (Å²) in [4.78, 5) is 0. The van der Waals surface area contributed by atoms with E-state index in [2.05, 4.69) is 47.5 Å². The van der Waals surface area contributed by atoms with Crippen molar-refractivity contribution in [1.82, 2.24) is 0 Å². The second kappa shape index (κ2) is 4.05. The molecule has 1 nitrogen and oxygen atoms in total. The van der Waals surface area contributed by atoms with E-state index in [0.29, 0.717) is 0 Å². The molecule has 0 fully saturated rings. The Labute approximate surface area is 88.9 Å². The summed E-state index contributed by atoms with van der Waals surface area (Å²) in [6, 6.07) is 8.64. The molecule has 2 N–H and O–H groups in total. The second-order valence-corrected chi connectivity index (χ2v) is 12.8. The third kappa shape index (κ3) is 2.75. The summed E-state index contributed by atoms with van der Waals surface area (Å²) >= 11 is -1.41. The molecule has 0 amide bonds. The molecule has 0 heterocycles. The van der Waals surface area contributed by atoms with Crippen molar-refractivity contribution >= 4 is 24.8 Å². The fourth-order valence-corrected chi connectivity index (χ4v) is 6.11. The van der Waals surface area contributed by atoms with Crippen molar-refractivity contribution in [2.45, 2.75) is 28.7 Å². The standard InChI is InChI=1S/C9H12N.2CH3.In/c1-9(2,10)8-6-4-3-5-7-8;;;/h3-6H,10H2,1-2H3;2*1H3;. The first-order valence-electron chi connectivity index (χ1n) is 4.81. The zero-order valence-electron chi connectivity index (χ0n) is 8.96. The third-order valence-electron chi connectivity index (χ3n) is 2.28. The molecule has 13 heavy (non-hydrogen) atoms. The van der Waals surface area contributed by atoms with Gasteiger partial charge in [-0.25, -0.2) is 0 Å². The van der Waals surface area contributed by atoms with E-state index in [1.807, 2.05) is 0 Å². The van der Waals surface area contributed by atoms with Gasteiger partial charge in [0, 0.05) is 0 Å². The summed E-state index contributed by atoms with van der Waals surface area (Å²) in [7, 11) is 0. The van der Waals surface area contributed by atoms with E-state index in [1.165, 1.54) is 5.56 Å². The second-order valence-electron chi connectivity index (χ2n) is 4.46. The zero-order valence-corrected chi connectivity index (χ0v) is 12.3. The van der Waals surface area contributed by atoms with Gasteiger partial charge in [-0.2, -0.15) is 0 Å². The minimum atomic E-state index is -1.41. The number of hydrogen-bond acceptors (Lipinski definition) is 1. The van der Waals surface area contributed by atoms with Crippen LogP contribution in [0.15, 0.2) is 24.3 Å². The Morgan fingerprint density at radius 3 is 2.08 bits per heavy atom. The summed E-state index contributed by atoms with van der Waals surface area (Å²) in [5.74, 6) is 0. The van der Waals surface area contributed by atoms with Gasteiger partial charge in [-0.1, -0.05) is 0 Å². The average molecular weight is 279 g/mol. The molecule has 0 aliphatic carbocycles. The maximum absolute atomic E-state index is 6.13. The molecule has 0 aliphatic rings. The van der Waals surface area contributed by atoms with E-state index in [4.69, 9.17) is 5.73 Å². The van der Waals surface area contributed by atoms with Crippen LogP contribution in [0.3, 0.4) is 0 Å². The van der Waals surface area contributed by atoms with E-state index >= 15 is 0 Å². The molecule has 0 saturated heterocycles. The number of hydrogen-bond donors (Lipinski definition) is 1. The number of rotatable bonds is 2. The Morgan fingerprint density at radius 1 is 1.15 bits per heavy atom. The Kier molecular flexibility index (Phi) is 3.47. The molecule has 0 aromatic heterocycles. The quantitative estimate of drug-likeness (QED) is 0.878. The molecule has 1 aromatic rings. The predicted octanol–water partition coefficient (Wildman–Crippen LogP) is 1.84. The molecule has 0 bridgehead atoms. The average Bonchev–Trinajstić information content (AvgIpc) is 2.03. The molecule has 0 aliphatic heterocycles. The summed E-state index contributed by atoms with van der Waals surface area (Å²) in [6.07, 6.45) is 0. The van der Waals surface area contributed by atoms with Gasteiger partial charge < -0.3 is 0 Å². The van der Waals surface area contributed by atoms with Gasteiger partial charge in [-0.15, -0.1) is 0 Å². The van der Waals surface area contributed by atoms with Gasteiger partial charge in [0.15, 0.2) is 0 Å². The van der Waals surface area contributed by atoms with Crippen molar-refractivity contribution < 1.29 is 0 Å². The van der Waals surface area contributed by atoms with E-state index in [0.717, 1.165) is 0 Å². The molecule has 0 radical (unpaired) electrons. The molecule has 0 spiro atoms. The molecule has 0 saturated carbocycles. The maximum atomic E-state index is 6.13. The molecule has 0 unspecified atom stereocenters. The van der Waals surface area contributed by atoms with Crippen molar-refractivity contribution in [3.05, 3.63) is 29.8 Å². The normalized spacial score (nSPS) is 11.5. The molecular formula is C11H18InN. The Hall–Kier alpha value is 0.0501. The van der Waals surface area contributed by atoms with Crippen LogP contribution in [0.5, 0.6) is 0 Å². The van der Waals surface area contributed by atoms with Crippen LogP contribution in [0.4, 0.5) is 0 Å². The first-order chi connectivity index (χ1) is 5.93. The van der Waals surface area contributed by atoms with Crippen molar-refractivity contribution in [1.29, 1.82) is 0 Å². The Morgan fingerprint density at radius 2 is 1.69 bits per heavy atom. The molecule has 1 rings (SSSR count). The van der Waals surface area contributed by atoms with Crippen LogP contribution in [0, 0.1) is 0 Å². The number of benzene rings is 1. The summed E-state index contributed by atoms with van der Waals surface area (Å²) in [5.41, 5.74) is 7.29. The van der Waals surface area contributed by atoms with Crippen LogP contribution < -0.4 is 9.05 Å². The first kappa shape index (κ1) is 11.1. The van der Waals surface area contributed by atoms with Crippen LogP contribution in [-0.2, 0) is 5.54 Å². The van der Waals surface area contributed by atoms with Crippen molar-refractivity contribution in [3.8, 4) is 0 Å². The van der Waals surface area contributed by atoms with Gasteiger partial charge in [0.25, 0.3) is 0 Å². The first-order valence-corrected chi connectivity index (χ1v) is 13.0. The van der Waals surface area contributed by atoms with Crippen molar-refractivity contribution in [3.63, 3.8) is 0 Å². The van der Waals surface area contributed by atoms with Gasteiger partial charge in [-0.3, -0.25) is 0 Å². The van der Waals surface area contributed by atoms with Gasteiger partial charge in [0.05, 0.1) is 0 Å². The van der Waals surface area contributed by atoms with Gasteiger partial charge in [0.1, 0.15) is 0 Å². The summed E-state index contributed by atoms with van der Waals surface area (Å²) < 4.78 is 6.38.